The Bertz CT molecular complexity index is 1000. The van der Waals surface area contributed by atoms with Crippen LogP contribution >= 0.6 is 0 Å². The lowest BCUT2D eigenvalue weighted by molar-refractivity contribution is 0.0695. The van der Waals surface area contributed by atoms with Crippen molar-refractivity contribution in [1.29, 1.82) is 0 Å². The van der Waals surface area contributed by atoms with E-state index in [0.717, 1.165) is 18.6 Å². The molecule has 0 N–H and O–H groups in total. The zero-order valence-corrected chi connectivity index (χ0v) is 14.7. The van der Waals surface area contributed by atoms with Gasteiger partial charge in [-0.1, -0.05) is 5.16 Å². The molecule has 144 valence electrons. The molecule has 0 bridgehead atoms. The lowest BCUT2D eigenvalue weighted by Crippen LogP contribution is -2.39. The molecule has 0 aliphatic carbocycles. The van der Waals surface area contributed by atoms with E-state index in [1.54, 1.807) is 17.0 Å². The van der Waals surface area contributed by atoms with Crippen LogP contribution in [0, 0.1) is 17.5 Å². The number of carbonyl (C=O) groups is 1. The highest BCUT2D eigenvalue weighted by Gasteiger charge is 2.29. The first-order valence-corrected chi connectivity index (χ1v) is 8.85. The predicted octanol–water partition coefficient (Wildman–Crippen LogP) is 4.17. The van der Waals surface area contributed by atoms with Crippen LogP contribution in [0.4, 0.5) is 13.2 Å². The van der Waals surface area contributed by atoms with E-state index in [4.69, 9.17) is 4.52 Å². The van der Waals surface area contributed by atoms with E-state index >= 15 is 0 Å². The average Bonchev–Trinajstić information content (AvgIpc) is 3.20. The van der Waals surface area contributed by atoms with Crippen molar-refractivity contribution < 1.29 is 22.5 Å². The molecule has 1 aliphatic rings. The zero-order valence-electron chi connectivity index (χ0n) is 14.7. The van der Waals surface area contributed by atoms with Crippen LogP contribution in [-0.2, 0) is 0 Å². The van der Waals surface area contributed by atoms with E-state index in [2.05, 4.69) is 10.1 Å². The minimum Gasteiger partial charge on any atom is -0.339 e. The summed E-state index contributed by atoms with van der Waals surface area (Å²) in [5.74, 6) is -2.20. The van der Waals surface area contributed by atoms with Crippen molar-refractivity contribution in [2.24, 2.45) is 0 Å². The molecule has 3 aromatic rings. The van der Waals surface area contributed by atoms with Gasteiger partial charge in [0.1, 0.15) is 5.82 Å². The normalized spacial score (nSPS) is 17.0. The standard InChI is InChI=1S/C20H16F3N3O2/c21-15-6-3-12(4-7-15)18-24-19(28-25-18)14-2-1-9-26(11-14)20(27)13-5-8-16(22)17(23)10-13/h3-8,10,14H,1-2,9,11H2/t14-/m0/s1. The van der Waals surface area contributed by atoms with Crippen LogP contribution in [-0.4, -0.2) is 34.0 Å². The summed E-state index contributed by atoms with van der Waals surface area (Å²) >= 11 is 0. The maximum atomic E-state index is 13.4. The summed E-state index contributed by atoms with van der Waals surface area (Å²) < 4.78 is 45.0. The number of amides is 1. The number of rotatable bonds is 3. The number of nitrogens with zero attached hydrogens (tertiary/aromatic N) is 3. The van der Waals surface area contributed by atoms with Crippen molar-refractivity contribution in [2.45, 2.75) is 18.8 Å². The summed E-state index contributed by atoms with van der Waals surface area (Å²) in [5.41, 5.74) is 0.721. The average molecular weight is 387 g/mol. The van der Waals surface area contributed by atoms with Crippen LogP contribution < -0.4 is 0 Å². The van der Waals surface area contributed by atoms with Crippen LogP contribution in [0.1, 0.15) is 35.0 Å². The Morgan fingerprint density at radius 3 is 2.61 bits per heavy atom. The van der Waals surface area contributed by atoms with Gasteiger partial charge in [0.25, 0.3) is 5.91 Å². The number of benzene rings is 2. The predicted molar refractivity (Wildman–Crippen MR) is 93.9 cm³/mol. The molecule has 2 aromatic carbocycles. The van der Waals surface area contributed by atoms with Crippen LogP contribution in [0.3, 0.4) is 0 Å². The van der Waals surface area contributed by atoms with Gasteiger partial charge in [-0.3, -0.25) is 4.79 Å². The Morgan fingerprint density at radius 2 is 1.86 bits per heavy atom. The van der Waals surface area contributed by atoms with Gasteiger partial charge in [0.15, 0.2) is 11.6 Å². The van der Waals surface area contributed by atoms with Crippen molar-refractivity contribution in [1.82, 2.24) is 15.0 Å². The maximum absolute atomic E-state index is 13.4. The van der Waals surface area contributed by atoms with Gasteiger partial charge in [-0.2, -0.15) is 4.98 Å². The molecule has 0 unspecified atom stereocenters. The molecule has 0 saturated carbocycles. The van der Waals surface area contributed by atoms with Crippen molar-refractivity contribution in [3.63, 3.8) is 0 Å². The second-order valence-electron chi connectivity index (χ2n) is 6.68. The molecule has 1 aromatic heterocycles. The van der Waals surface area contributed by atoms with E-state index in [9.17, 15) is 18.0 Å². The fourth-order valence-corrected chi connectivity index (χ4v) is 3.29. The summed E-state index contributed by atoms with van der Waals surface area (Å²) in [6.07, 6.45) is 1.47. The van der Waals surface area contributed by atoms with E-state index in [0.29, 0.717) is 36.8 Å². The monoisotopic (exact) mass is 387 g/mol. The van der Waals surface area contributed by atoms with E-state index < -0.39 is 11.6 Å². The SMILES string of the molecule is O=C(c1ccc(F)c(F)c1)N1CCC[C@H](c2nc(-c3ccc(F)cc3)no2)C1. The van der Waals surface area contributed by atoms with Crippen LogP contribution in [0.25, 0.3) is 11.4 Å². The Hall–Kier alpha value is -3.16. The molecule has 5 nitrogen and oxygen atoms in total. The Balaban J connectivity index is 1.50. The first-order chi connectivity index (χ1) is 13.5. The molecule has 1 atom stereocenters. The van der Waals surface area contributed by atoms with Crippen molar-refractivity contribution in [3.05, 3.63) is 71.4 Å². The van der Waals surface area contributed by atoms with Gasteiger partial charge in [-0.25, -0.2) is 13.2 Å². The van der Waals surface area contributed by atoms with Gasteiger partial charge >= 0.3 is 0 Å². The second-order valence-corrected chi connectivity index (χ2v) is 6.68. The largest absolute Gasteiger partial charge is 0.339 e. The molecule has 1 amide bonds. The molecule has 4 rings (SSSR count). The lowest BCUT2D eigenvalue weighted by Gasteiger charge is -2.31. The highest BCUT2D eigenvalue weighted by Crippen LogP contribution is 2.28. The Labute approximate surface area is 158 Å². The molecular weight excluding hydrogens is 371 g/mol. The number of hydrogen-bond acceptors (Lipinski definition) is 4. The van der Waals surface area contributed by atoms with Crippen LogP contribution in [0.15, 0.2) is 47.0 Å². The third-order valence-corrected chi connectivity index (χ3v) is 4.77. The number of halogens is 3. The van der Waals surface area contributed by atoms with E-state index in [1.165, 1.54) is 18.2 Å². The number of hydrogen-bond donors (Lipinski definition) is 0. The van der Waals surface area contributed by atoms with E-state index in [-0.39, 0.29) is 23.2 Å². The van der Waals surface area contributed by atoms with Gasteiger partial charge in [-0.15, -0.1) is 0 Å². The van der Waals surface area contributed by atoms with Gasteiger partial charge in [0, 0.05) is 24.2 Å². The Kier molecular flexibility index (Phi) is 4.85. The van der Waals surface area contributed by atoms with Gasteiger partial charge in [0.05, 0.1) is 5.92 Å². The minimum absolute atomic E-state index is 0.0945. The number of aromatic nitrogens is 2. The topological polar surface area (TPSA) is 59.2 Å². The molecular formula is C20H16F3N3O2. The van der Waals surface area contributed by atoms with Crippen LogP contribution in [0.5, 0.6) is 0 Å². The highest BCUT2D eigenvalue weighted by atomic mass is 19.2. The lowest BCUT2D eigenvalue weighted by atomic mass is 9.97. The number of piperidine rings is 1. The molecule has 1 fully saturated rings. The second kappa shape index (κ2) is 7.46. The van der Waals surface area contributed by atoms with Crippen molar-refractivity contribution in [3.8, 4) is 11.4 Å². The molecule has 0 spiro atoms. The third-order valence-electron chi connectivity index (χ3n) is 4.77. The molecule has 8 heteroatoms. The quantitative estimate of drug-likeness (QED) is 0.677. The summed E-state index contributed by atoms with van der Waals surface area (Å²) in [6.45, 7) is 0.843. The molecule has 1 aliphatic heterocycles. The van der Waals surface area contributed by atoms with Gasteiger partial charge < -0.3 is 9.42 Å². The molecule has 0 radical (unpaired) electrons. The first-order valence-electron chi connectivity index (χ1n) is 8.85. The smallest absolute Gasteiger partial charge is 0.253 e. The fraction of sp³-hybridized carbons (Fsp3) is 0.250. The molecule has 28 heavy (non-hydrogen) atoms. The summed E-state index contributed by atoms with van der Waals surface area (Å²) in [4.78, 5) is 18.6. The number of carbonyl (C=O) groups excluding carboxylic acids is 1. The third kappa shape index (κ3) is 3.62. The van der Waals surface area contributed by atoms with Crippen molar-refractivity contribution in [2.75, 3.05) is 13.1 Å². The first kappa shape index (κ1) is 18.2. The Morgan fingerprint density at radius 1 is 1.07 bits per heavy atom. The zero-order chi connectivity index (χ0) is 19.7. The van der Waals surface area contributed by atoms with Gasteiger partial charge in [0.2, 0.25) is 11.7 Å². The fourth-order valence-electron chi connectivity index (χ4n) is 3.29. The van der Waals surface area contributed by atoms with Gasteiger partial charge in [-0.05, 0) is 55.3 Å². The summed E-state index contributed by atoms with van der Waals surface area (Å²) in [5, 5.41) is 3.94. The minimum atomic E-state index is -1.06. The highest BCUT2D eigenvalue weighted by molar-refractivity contribution is 5.94. The molecule has 2 heterocycles. The number of likely N-dealkylation sites (tertiary alicyclic amines) is 1. The van der Waals surface area contributed by atoms with Crippen LogP contribution in [0.2, 0.25) is 0 Å². The van der Waals surface area contributed by atoms with E-state index in [1.807, 2.05) is 0 Å². The summed E-state index contributed by atoms with van der Waals surface area (Å²) in [6, 6.07) is 8.86. The summed E-state index contributed by atoms with van der Waals surface area (Å²) in [7, 11) is 0. The van der Waals surface area contributed by atoms with Crippen molar-refractivity contribution >= 4 is 5.91 Å². The molecule has 1 saturated heterocycles. The maximum Gasteiger partial charge on any atom is 0.253 e.